The van der Waals surface area contributed by atoms with Gasteiger partial charge in [-0.25, -0.2) is 0 Å². The van der Waals surface area contributed by atoms with Crippen LogP contribution in [0.15, 0.2) is 40.9 Å². The van der Waals surface area contributed by atoms with E-state index in [2.05, 4.69) is 45.1 Å². The third kappa shape index (κ3) is 3.32. The van der Waals surface area contributed by atoms with Gasteiger partial charge in [-0.3, -0.25) is 4.79 Å². The molecule has 0 N–H and O–H groups in total. The molecule has 2 nitrogen and oxygen atoms in total. The monoisotopic (exact) mass is 333 g/mol. The van der Waals surface area contributed by atoms with Crippen molar-refractivity contribution in [2.75, 3.05) is 0 Å². The van der Waals surface area contributed by atoms with Crippen LogP contribution in [0.1, 0.15) is 37.7 Å². The quantitative estimate of drug-likeness (QED) is 0.752. The third-order valence-electron chi connectivity index (χ3n) is 4.13. The molecule has 0 spiro atoms. The number of allylic oxidation sites excluding steroid dienone is 2. The van der Waals surface area contributed by atoms with E-state index in [-0.39, 0.29) is 5.92 Å². The van der Waals surface area contributed by atoms with Crippen molar-refractivity contribution in [3.63, 3.8) is 0 Å². The van der Waals surface area contributed by atoms with E-state index >= 15 is 0 Å². The Morgan fingerprint density at radius 2 is 2.10 bits per heavy atom. The molecule has 3 rings (SSSR count). The molecule has 1 unspecified atom stereocenters. The summed E-state index contributed by atoms with van der Waals surface area (Å²) >= 11 is 3.51. The van der Waals surface area contributed by atoms with Crippen LogP contribution < -0.4 is 0 Å². The standard InChI is InChI=1S/C17H20BrNO/c18-15-8-4-5-13(11-15)12-19(16-9-10-16)17(20)14-6-2-1-3-7-14/h1-2,4-5,8,11,14,16H,3,6-7,9-10,12H2. The van der Waals surface area contributed by atoms with Crippen molar-refractivity contribution in [2.24, 2.45) is 5.92 Å². The minimum atomic E-state index is 0.202. The van der Waals surface area contributed by atoms with Gasteiger partial charge in [0.25, 0.3) is 0 Å². The zero-order valence-electron chi connectivity index (χ0n) is 11.6. The van der Waals surface area contributed by atoms with E-state index in [1.54, 1.807) is 0 Å². The van der Waals surface area contributed by atoms with Crippen LogP contribution in [0.3, 0.4) is 0 Å². The molecule has 2 aliphatic rings. The smallest absolute Gasteiger partial charge is 0.226 e. The second-order valence-corrected chi connectivity index (χ2v) is 6.72. The maximum absolute atomic E-state index is 12.7. The molecule has 1 fully saturated rings. The first-order valence-corrected chi connectivity index (χ1v) is 8.23. The second-order valence-electron chi connectivity index (χ2n) is 5.81. The second kappa shape index (κ2) is 6.13. The van der Waals surface area contributed by atoms with E-state index in [0.717, 1.165) is 30.3 Å². The molecule has 1 atom stereocenters. The number of nitrogens with zero attached hydrogens (tertiary/aromatic N) is 1. The molecule has 0 radical (unpaired) electrons. The molecule has 20 heavy (non-hydrogen) atoms. The van der Waals surface area contributed by atoms with Crippen molar-refractivity contribution in [2.45, 2.75) is 44.7 Å². The van der Waals surface area contributed by atoms with Gasteiger partial charge in [0, 0.05) is 23.0 Å². The minimum absolute atomic E-state index is 0.202. The van der Waals surface area contributed by atoms with Crippen LogP contribution in [0.2, 0.25) is 0 Å². The van der Waals surface area contributed by atoms with Crippen molar-refractivity contribution < 1.29 is 4.79 Å². The molecule has 106 valence electrons. The predicted octanol–water partition coefficient (Wildman–Crippen LogP) is 4.30. The van der Waals surface area contributed by atoms with E-state index in [1.165, 1.54) is 18.4 Å². The van der Waals surface area contributed by atoms with Gasteiger partial charge >= 0.3 is 0 Å². The van der Waals surface area contributed by atoms with Crippen LogP contribution in [0.5, 0.6) is 0 Å². The maximum atomic E-state index is 12.7. The van der Waals surface area contributed by atoms with Crippen LogP contribution in [-0.2, 0) is 11.3 Å². The lowest BCUT2D eigenvalue weighted by atomic mass is 9.93. The minimum Gasteiger partial charge on any atom is -0.335 e. The highest BCUT2D eigenvalue weighted by molar-refractivity contribution is 9.10. The third-order valence-corrected chi connectivity index (χ3v) is 4.62. The van der Waals surface area contributed by atoms with Crippen molar-refractivity contribution >= 4 is 21.8 Å². The van der Waals surface area contributed by atoms with Crippen LogP contribution in [-0.4, -0.2) is 16.8 Å². The summed E-state index contributed by atoms with van der Waals surface area (Å²) in [6.45, 7) is 0.753. The fourth-order valence-corrected chi connectivity index (χ4v) is 3.30. The number of carbonyl (C=O) groups is 1. The van der Waals surface area contributed by atoms with E-state index < -0.39 is 0 Å². The average molecular weight is 334 g/mol. The van der Waals surface area contributed by atoms with E-state index in [9.17, 15) is 4.79 Å². The number of rotatable bonds is 4. The Labute approximate surface area is 129 Å². The summed E-state index contributed by atoms with van der Waals surface area (Å²) in [5.41, 5.74) is 1.21. The van der Waals surface area contributed by atoms with Gasteiger partial charge in [0.1, 0.15) is 0 Å². The Kier molecular flexibility index (Phi) is 4.25. The summed E-state index contributed by atoms with van der Waals surface area (Å²) in [5, 5.41) is 0. The molecule has 3 heteroatoms. The molecule has 0 bridgehead atoms. The van der Waals surface area contributed by atoms with Gasteiger partial charge < -0.3 is 4.90 Å². The fraction of sp³-hybridized carbons (Fsp3) is 0.471. The molecule has 0 aromatic heterocycles. The van der Waals surface area contributed by atoms with E-state index in [0.29, 0.717) is 11.9 Å². The summed E-state index contributed by atoms with van der Waals surface area (Å²) in [6.07, 6.45) is 9.67. The van der Waals surface area contributed by atoms with Crippen LogP contribution in [0.4, 0.5) is 0 Å². The molecular formula is C17H20BrNO. The SMILES string of the molecule is O=C(C1CC=CCC1)N(Cc1cccc(Br)c1)C1CC1. The topological polar surface area (TPSA) is 20.3 Å². The fourth-order valence-electron chi connectivity index (χ4n) is 2.86. The molecule has 1 saturated carbocycles. The lowest BCUT2D eigenvalue weighted by Gasteiger charge is -2.28. The van der Waals surface area contributed by atoms with Gasteiger partial charge in [-0.2, -0.15) is 0 Å². The molecule has 0 saturated heterocycles. The van der Waals surface area contributed by atoms with Crippen molar-refractivity contribution in [3.05, 3.63) is 46.5 Å². The summed E-state index contributed by atoms with van der Waals surface area (Å²) < 4.78 is 1.08. The lowest BCUT2D eigenvalue weighted by Crippen LogP contribution is -2.37. The molecule has 1 aromatic rings. The van der Waals surface area contributed by atoms with Crippen molar-refractivity contribution in [3.8, 4) is 0 Å². The largest absolute Gasteiger partial charge is 0.335 e. The summed E-state index contributed by atoms with van der Waals surface area (Å²) in [7, 11) is 0. The van der Waals surface area contributed by atoms with Gasteiger partial charge in [0.2, 0.25) is 5.91 Å². The van der Waals surface area contributed by atoms with Crippen LogP contribution >= 0.6 is 15.9 Å². The van der Waals surface area contributed by atoms with Gasteiger partial charge in [0.05, 0.1) is 0 Å². The highest BCUT2D eigenvalue weighted by Gasteiger charge is 2.35. The van der Waals surface area contributed by atoms with Crippen molar-refractivity contribution in [1.82, 2.24) is 4.90 Å². The Morgan fingerprint density at radius 1 is 1.25 bits per heavy atom. The lowest BCUT2D eigenvalue weighted by molar-refractivity contribution is -0.137. The predicted molar refractivity (Wildman–Crippen MR) is 84.2 cm³/mol. The van der Waals surface area contributed by atoms with Gasteiger partial charge in [-0.05, 0) is 49.8 Å². The van der Waals surface area contributed by atoms with Gasteiger partial charge in [-0.15, -0.1) is 0 Å². The zero-order chi connectivity index (χ0) is 13.9. The highest BCUT2D eigenvalue weighted by Crippen LogP contribution is 2.32. The molecular weight excluding hydrogens is 314 g/mol. The normalized spacial score (nSPS) is 21.8. The highest BCUT2D eigenvalue weighted by atomic mass is 79.9. The number of amides is 1. The van der Waals surface area contributed by atoms with E-state index in [4.69, 9.17) is 0 Å². The Balaban J connectivity index is 1.72. The number of carbonyl (C=O) groups excluding carboxylic acids is 1. The Bertz CT molecular complexity index is 521. The van der Waals surface area contributed by atoms with Crippen molar-refractivity contribution in [1.29, 1.82) is 0 Å². The molecule has 2 aliphatic carbocycles. The Morgan fingerprint density at radius 3 is 2.75 bits per heavy atom. The number of benzene rings is 1. The summed E-state index contributed by atoms with van der Waals surface area (Å²) in [5.74, 6) is 0.560. The molecule has 1 aromatic carbocycles. The molecule has 0 aliphatic heterocycles. The van der Waals surface area contributed by atoms with Gasteiger partial charge in [-0.1, -0.05) is 40.2 Å². The Hall–Kier alpha value is -1.09. The van der Waals surface area contributed by atoms with Gasteiger partial charge in [0.15, 0.2) is 0 Å². The first-order valence-electron chi connectivity index (χ1n) is 7.44. The summed E-state index contributed by atoms with van der Waals surface area (Å²) in [6, 6.07) is 8.77. The molecule has 0 heterocycles. The number of hydrogen-bond acceptors (Lipinski definition) is 1. The molecule has 1 amide bonds. The average Bonchev–Trinajstić information content (AvgIpc) is 3.30. The maximum Gasteiger partial charge on any atom is 0.226 e. The number of hydrogen-bond donors (Lipinski definition) is 0. The van der Waals surface area contributed by atoms with E-state index in [1.807, 2.05) is 12.1 Å². The summed E-state index contributed by atoms with van der Waals surface area (Å²) in [4.78, 5) is 14.9. The number of halogens is 1. The van der Waals surface area contributed by atoms with Crippen LogP contribution in [0, 0.1) is 5.92 Å². The first-order chi connectivity index (χ1) is 9.74. The zero-order valence-corrected chi connectivity index (χ0v) is 13.2. The first kappa shape index (κ1) is 13.9. The van der Waals surface area contributed by atoms with Crippen LogP contribution in [0.25, 0.3) is 0 Å².